The summed E-state index contributed by atoms with van der Waals surface area (Å²) in [7, 11) is 5.49. The molecule has 0 heterocycles. The fourth-order valence-corrected chi connectivity index (χ4v) is 2.24. The average molecular weight is 317 g/mol. The Morgan fingerprint density at radius 2 is 2.22 bits per heavy atom. The van der Waals surface area contributed by atoms with Crippen LogP contribution in [0.5, 0.6) is 0 Å². The molecular weight excluding hydrogens is 296 g/mol. The molecule has 0 aliphatic heterocycles. The Morgan fingerprint density at radius 3 is 2.83 bits per heavy atom. The van der Waals surface area contributed by atoms with E-state index in [1.54, 1.807) is 7.11 Å². The summed E-state index contributed by atoms with van der Waals surface area (Å²) in [6, 6.07) is 6.16. The van der Waals surface area contributed by atoms with Crippen LogP contribution < -0.4 is 10.2 Å². The van der Waals surface area contributed by atoms with Gasteiger partial charge in [0.2, 0.25) is 0 Å². The SMILES string of the molecule is CNCc1ccc(Br)cc1N(C)CC(O)COC. The first-order valence-corrected chi connectivity index (χ1v) is 6.69. The van der Waals surface area contributed by atoms with Crippen LogP contribution in [0.3, 0.4) is 0 Å². The van der Waals surface area contributed by atoms with Crippen LogP contribution in [0.1, 0.15) is 5.56 Å². The zero-order valence-electron chi connectivity index (χ0n) is 11.1. The van der Waals surface area contributed by atoms with Gasteiger partial charge in [0.25, 0.3) is 0 Å². The smallest absolute Gasteiger partial charge is 0.0947 e. The molecule has 5 heteroatoms. The largest absolute Gasteiger partial charge is 0.389 e. The molecule has 0 radical (unpaired) electrons. The second kappa shape index (κ2) is 7.74. The Kier molecular flexibility index (Phi) is 6.63. The van der Waals surface area contributed by atoms with E-state index in [0.29, 0.717) is 13.2 Å². The fourth-order valence-electron chi connectivity index (χ4n) is 1.89. The summed E-state index contributed by atoms with van der Waals surface area (Å²) in [5.41, 5.74) is 2.31. The molecule has 0 spiro atoms. The second-order valence-corrected chi connectivity index (χ2v) is 5.21. The predicted octanol–water partition coefficient (Wildman–Crippen LogP) is 1.61. The topological polar surface area (TPSA) is 44.7 Å². The lowest BCUT2D eigenvalue weighted by Crippen LogP contribution is -2.32. The summed E-state index contributed by atoms with van der Waals surface area (Å²) in [6.07, 6.45) is -0.485. The summed E-state index contributed by atoms with van der Waals surface area (Å²) in [4.78, 5) is 2.04. The highest BCUT2D eigenvalue weighted by Gasteiger charge is 2.12. The monoisotopic (exact) mass is 316 g/mol. The first-order valence-electron chi connectivity index (χ1n) is 5.89. The number of halogens is 1. The average Bonchev–Trinajstić information content (AvgIpc) is 2.32. The third-order valence-corrected chi connectivity index (χ3v) is 3.16. The zero-order chi connectivity index (χ0) is 13.5. The summed E-state index contributed by atoms with van der Waals surface area (Å²) < 4.78 is 5.98. The van der Waals surface area contributed by atoms with E-state index in [0.717, 1.165) is 16.7 Å². The first-order chi connectivity index (χ1) is 8.58. The van der Waals surface area contributed by atoms with E-state index in [4.69, 9.17) is 4.74 Å². The molecule has 1 atom stereocenters. The van der Waals surface area contributed by atoms with Crippen molar-refractivity contribution in [2.24, 2.45) is 0 Å². The van der Waals surface area contributed by atoms with Gasteiger partial charge in [-0.1, -0.05) is 22.0 Å². The molecule has 1 aromatic rings. The third-order valence-electron chi connectivity index (χ3n) is 2.67. The van der Waals surface area contributed by atoms with Crippen molar-refractivity contribution in [2.45, 2.75) is 12.6 Å². The lowest BCUT2D eigenvalue weighted by atomic mass is 10.1. The van der Waals surface area contributed by atoms with E-state index in [-0.39, 0.29) is 0 Å². The number of rotatable bonds is 7. The number of likely N-dealkylation sites (N-methyl/N-ethyl adjacent to an activating group) is 1. The minimum atomic E-state index is -0.485. The normalized spacial score (nSPS) is 12.5. The number of benzene rings is 1. The molecule has 18 heavy (non-hydrogen) atoms. The maximum absolute atomic E-state index is 9.78. The van der Waals surface area contributed by atoms with Crippen molar-refractivity contribution in [1.29, 1.82) is 0 Å². The van der Waals surface area contributed by atoms with Crippen LogP contribution in [0.4, 0.5) is 5.69 Å². The maximum Gasteiger partial charge on any atom is 0.0947 e. The highest BCUT2D eigenvalue weighted by Crippen LogP contribution is 2.24. The molecule has 0 aliphatic rings. The molecule has 1 unspecified atom stereocenters. The Labute approximate surface area is 117 Å². The molecule has 4 nitrogen and oxygen atoms in total. The number of anilines is 1. The van der Waals surface area contributed by atoms with Crippen molar-refractivity contribution >= 4 is 21.6 Å². The van der Waals surface area contributed by atoms with E-state index in [1.807, 2.05) is 25.1 Å². The molecule has 0 amide bonds. The summed E-state index contributed by atoms with van der Waals surface area (Å²) >= 11 is 3.48. The number of aliphatic hydroxyl groups is 1. The van der Waals surface area contributed by atoms with Gasteiger partial charge in [-0.05, 0) is 24.7 Å². The van der Waals surface area contributed by atoms with Crippen LogP contribution in [0.2, 0.25) is 0 Å². The van der Waals surface area contributed by atoms with Gasteiger partial charge in [-0.15, -0.1) is 0 Å². The van der Waals surface area contributed by atoms with Gasteiger partial charge >= 0.3 is 0 Å². The molecule has 1 rings (SSSR count). The van der Waals surface area contributed by atoms with Crippen LogP contribution in [-0.2, 0) is 11.3 Å². The summed E-state index contributed by atoms with van der Waals surface area (Å²) in [5.74, 6) is 0. The van der Waals surface area contributed by atoms with Gasteiger partial charge in [-0.3, -0.25) is 0 Å². The van der Waals surface area contributed by atoms with Crippen LogP contribution in [0, 0.1) is 0 Å². The van der Waals surface area contributed by atoms with Gasteiger partial charge in [0.05, 0.1) is 12.7 Å². The number of ether oxygens (including phenoxy) is 1. The molecule has 0 aromatic heterocycles. The van der Waals surface area contributed by atoms with Crippen molar-refractivity contribution in [3.05, 3.63) is 28.2 Å². The number of aliphatic hydroxyl groups excluding tert-OH is 1. The maximum atomic E-state index is 9.78. The van der Waals surface area contributed by atoms with Gasteiger partial charge in [0, 0.05) is 37.4 Å². The van der Waals surface area contributed by atoms with Crippen LogP contribution in [-0.4, -0.2) is 45.6 Å². The summed E-state index contributed by atoms with van der Waals surface area (Å²) in [5, 5.41) is 12.9. The lowest BCUT2D eigenvalue weighted by molar-refractivity contribution is 0.0695. The van der Waals surface area contributed by atoms with Crippen LogP contribution in [0.15, 0.2) is 22.7 Å². The standard InChI is InChI=1S/C13H21BrN2O2/c1-15-7-10-4-5-11(14)6-13(10)16(2)8-12(17)9-18-3/h4-6,12,15,17H,7-9H2,1-3H3. The molecule has 2 N–H and O–H groups in total. The van der Waals surface area contributed by atoms with Gasteiger partial charge in [0.15, 0.2) is 0 Å². The van der Waals surface area contributed by atoms with Crippen molar-refractivity contribution in [3.8, 4) is 0 Å². The zero-order valence-corrected chi connectivity index (χ0v) is 12.7. The lowest BCUT2D eigenvalue weighted by Gasteiger charge is -2.25. The molecule has 0 saturated carbocycles. The van der Waals surface area contributed by atoms with E-state index < -0.39 is 6.10 Å². The molecular formula is C13H21BrN2O2. The number of hydrogen-bond donors (Lipinski definition) is 2. The number of nitrogens with one attached hydrogen (secondary N) is 1. The molecule has 1 aromatic carbocycles. The Bertz CT molecular complexity index is 374. The number of methoxy groups -OCH3 is 1. The number of nitrogens with zero attached hydrogens (tertiary/aromatic N) is 1. The fraction of sp³-hybridized carbons (Fsp3) is 0.538. The van der Waals surface area contributed by atoms with Crippen molar-refractivity contribution < 1.29 is 9.84 Å². The van der Waals surface area contributed by atoms with Crippen LogP contribution >= 0.6 is 15.9 Å². The minimum Gasteiger partial charge on any atom is -0.389 e. The Balaban J connectivity index is 2.82. The van der Waals surface area contributed by atoms with Crippen molar-refractivity contribution in [2.75, 3.05) is 39.3 Å². The first kappa shape index (κ1) is 15.4. The Hall–Kier alpha value is -0.620. The molecule has 102 valence electrons. The van der Waals surface area contributed by atoms with Gasteiger partial charge in [-0.2, -0.15) is 0 Å². The molecule has 0 saturated heterocycles. The quantitative estimate of drug-likeness (QED) is 0.802. The molecule has 0 fully saturated rings. The third kappa shape index (κ3) is 4.57. The van der Waals surface area contributed by atoms with Gasteiger partial charge < -0.3 is 20.1 Å². The predicted molar refractivity (Wildman–Crippen MR) is 78.1 cm³/mol. The van der Waals surface area contributed by atoms with Crippen molar-refractivity contribution in [1.82, 2.24) is 5.32 Å². The van der Waals surface area contributed by atoms with Gasteiger partial charge in [-0.25, -0.2) is 0 Å². The second-order valence-electron chi connectivity index (χ2n) is 4.29. The van der Waals surface area contributed by atoms with E-state index in [2.05, 4.69) is 33.4 Å². The number of hydrogen-bond acceptors (Lipinski definition) is 4. The van der Waals surface area contributed by atoms with Crippen LogP contribution in [0.25, 0.3) is 0 Å². The minimum absolute atomic E-state index is 0.347. The highest BCUT2D eigenvalue weighted by atomic mass is 79.9. The Morgan fingerprint density at radius 1 is 1.50 bits per heavy atom. The van der Waals surface area contributed by atoms with E-state index in [1.165, 1.54) is 5.56 Å². The van der Waals surface area contributed by atoms with Gasteiger partial charge in [0.1, 0.15) is 0 Å². The van der Waals surface area contributed by atoms with E-state index in [9.17, 15) is 5.11 Å². The van der Waals surface area contributed by atoms with Crippen molar-refractivity contribution in [3.63, 3.8) is 0 Å². The molecule has 0 aliphatic carbocycles. The summed E-state index contributed by atoms with van der Waals surface area (Å²) in [6.45, 7) is 1.69. The molecule has 0 bridgehead atoms. The van der Waals surface area contributed by atoms with E-state index >= 15 is 0 Å². The highest BCUT2D eigenvalue weighted by molar-refractivity contribution is 9.10.